The largest absolute Gasteiger partial charge is 0.466 e. The summed E-state index contributed by atoms with van der Waals surface area (Å²) in [7, 11) is -1.07. The Bertz CT molecular complexity index is 322. The third-order valence-electron chi connectivity index (χ3n) is 0.964. The summed E-state index contributed by atoms with van der Waals surface area (Å²) in [5.41, 5.74) is 0. The lowest BCUT2D eigenvalue weighted by molar-refractivity contribution is 0.275. The normalized spacial score (nSPS) is 10.9. The molecular formula is C8H14NO4PS2. The van der Waals surface area contributed by atoms with Crippen LogP contribution in [0.3, 0.4) is 0 Å². The van der Waals surface area contributed by atoms with E-state index in [-0.39, 0.29) is 0 Å². The lowest BCUT2D eigenvalue weighted by Crippen LogP contribution is -1.81. The predicted octanol–water partition coefficient (Wildman–Crippen LogP) is 2.30. The monoisotopic (exact) mass is 283 g/mol. The Morgan fingerprint density at radius 1 is 1.31 bits per heavy atom. The van der Waals surface area contributed by atoms with Crippen LogP contribution in [0.25, 0.3) is 0 Å². The molecule has 0 bridgehead atoms. The molecule has 0 saturated carbocycles. The standard InChI is InChI=1S/C8H11NS2.H3O4P/c1-7(2)10-11-8-5-3-4-6-9-8;1-5(2,3)4/h3-7H,1-2H3;(H3,1,2,3,4). The van der Waals surface area contributed by atoms with Gasteiger partial charge in [0, 0.05) is 11.4 Å². The van der Waals surface area contributed by atoms with Gasteiger partial charge in [-0.2, -0.15) is 0 Å². The van der Waals surface area contributed by atoms with Crippen molar-refractivity contribution < 1.29 is 19.2 Å². The number of phosphoric acid groups is 1. The van der Waals surface area contributed by atoms with Gasteiger partial charge in [-0.1, -0.05) is 30.7 Å². The molecule has 0 fully saturated rings. The summed E-state index contributed by atoms with van der Waals surface area (Å²) in [6, 6.07) is 5.97. The van der Waals surface area contributed by atoms with Crippen LogP contribution in [-0.4, -0.2) is 24.9 Å². The Kier molecular flexibility index (Phi) is 8.09. The van der Waals surface area contributed by atoms with Gasteiger partial charge in [-0.05, 0) is 22.9 Å². The Balaban J connectivity index is 0.000000385. The maximum atomic E-state index is 8.88. The first-order valence-electron chi connectivity index (χ1n) is 4.31. The average molecular weight is 283 g/mol. The van der Waals surface area contributed by atoms with Gasteiger partial charge in [0.2, 0.25) is 0 Å². The second-order valence-electron chi connectivity index (χ2n) is 2.91. The van der Waals surface area contributed by atoms with Crippen molar-refractivity contribution >= 4 is 29.4 Å². The number of aromatic nitrogens is 1. The van der Waals surface area contributed by atoms with E-state index in [1.807, 2.05) is 35.2 Å². The fourth-order valence-electron chi connectivity index (χ4n) is 0.542. The molecule has 1 rings (SSSR count). The summed E-state index contributed by atoms with van der Waals surface area (Å²) in [4.78, 5) is 25.8. The van der Waals surface area contributed by atoms with E-state index >= 15 is 0 Å². The van der Waals surface area contributed by atoms with Crippen molar-refractivity contribution in [3.63, 3.8) is 0 Å². The zero-order chi connectivity index (χ0) is 12.6. The molecule has 0 atom stereocenters. The summed E-state index contributed by atoms with van der Waals surface area (Å²) in [5.74, 6) is 0. The Hall–Kier alpha value is -0.0400. The maximum absolute atomic E-state index is 8.88. The minimum Gasteiger partial charge on any atom is -0.303 e. The van der Waals surface area contributed by atoms with E-state index in [0.29, 0.717) is 5.25 Å². The van der Waals surface area contributed by atoms with Gasteiger partial charge in [-0.15, -0.1) is 0 Å². The molecule has 1 aromatic heterocycles. The summed E-state index contributed by atoms with van der Waals surface area (Å²) in [5, 5.41) is 1.74. The van der Waals surface area contributed by atoms with Crippen molar-refractivity contribution in [2.75, 3.05) is 0 Å². The number of pyridine rings is 1. The zero-order valence-corrected chi connectivity index (χ0v) is 11.4. The fraction of sp³-hybridized carbons (Fsp3) is 0.375. The molecule has 0 spiro atoms. The lowest BCUT2D eigenvalue weighted by atomic mass is 10.5. The number of nitrogens with zero attached hydrogens (tertiary/aromatic N) is 1. The summed E-state index contributed by atoms with van der Waals surface area (Å²) in [6.45, 7) is 4.36. The molecule has 0 radical (unpaired) electrons. The van der Waals surface area contributed by atoms with E-state index in [1.54, 1.807) is 10.8 Å². The van der Waals surface area contributed by atoms with Gasteiger partial charge in [0.15, 0.2) is 0 Å². The molecule has 3 N–H and O–H groups in total. The zero-order valence-electron chi connectivity index (χ0n) is 8.85. The van der Waals surface area contributed by atoms with E-state index in [2.05, 4.69) is 18.8 Å². The Morgan fingerprint density at radius 2 is 1.88 bits per heavy atom. The Labute approximate surface area is 102 Å². The van der Waals surface area contributed by atoms with E-state index < -0.39 is 7.82 Å². The van der Waals surface area contributed by atoms with Gasteiger partial charge in [-0.3, -0.25) is 0 Å². The minimum atomic E-state index is -4.64. The third kappa shape index (κ3) is 14.0. The van der Waals surface area contributed by atoms with Crippen molar-refractivity contribution in [2.24, 2.45) is 0 Å². The summed E-state index contributed by atoms with van der Waals surface area (Å²) < 4.78 is 8.88. The van der Waals surface area contributed by atoms with E-state index in [0.717, 1.165) is 5.03 Å². The minimum absolute atomic E-state index is 0.655. The predicted molar refractivity (Wildman–Crippen MR) is 67.1 cm³/mol. The summed E-state index contributed by atoms with van der Waals surface area (Å²) in [6.07, 6.45) is 1.82. The number of rotatable bonds is 3. The maximum Gasteiger partial charge on any atom is 0.466 e. The molecule has 0 aliphatic rings. The molecule has 0 aliphatic heterocycles. The van der Waals surface area contributed by atoms with Crippen LogP contribution in [0.15, 0.2) is 29.4 Å². The van der Waals surface area contributed by atoms with Gasteiger partial charge in [0.1, 0.15) is 5.03 Å². The molecule has 0 aromatic carbocycles. The van der Waals surface area contributed by atoms with Crippen LogP contribution in [-0.2, 0) is 4.57 Å². The van der Waals surface area contributed by atoms with Crippen molar-refractivity contribution in [2.45, 2.75) is 24.1 Å². The molecule has 16 heavy (non-hydrogen) atoms. The quantitative estimate of drug-likeness (QED) is 0.579. The fourth-order valence-corrected chi connectivity index (χ4v) is 2.24. The van der Waals surface area contributed by atoms with Gasteiger partial charge in [-0.25, -0.2) is 9.55 Å². The second-order valence-corrected chi connectivity index (χ2v) is 6.73. The number of hydrogen-bond acceptors (Lipinski definition) is 4. The van der Waals surface area contributed by atoms with Gasteiger partial charge in [0.05, 0.1) is 0 Å². The molecular weight excluding hydrogens is 269 g/mol. The molecule has 92 valence electrons. The summed E-state index contributed by atoms with van der Waals surface area (Å²) >= 11 is 0. The first-order valence-corrected chi connectivity index (χ1v) is 8.09. The molecule has 1 aromatic rings. The molecule has 0 unspecified atom stereocenters. The van der Waals surface area contributed by atoms with Gasteiger partial charge < -0.3 is 14.7 Å². The van der Waals surface area contributed by atoms with Gasteiger partial charge >= 0.3 is 7.82 Å². The highest BCUT2D eigenvalue weighted by molar-refractivity contribution is 8.76. The van der Waals surface area contributed by atoms with E-state index in [1.165, 1.54) is 0 Å². The van der Waals surface area contributed by atoms with Crippen LogP contribution in [0.5, 0.6) is 0 Å². The highest BCUT2D eigenvalue weighted by Gasteiger charge is 2.00. The number of hydrogen-bond donors (Lipinski definition) is 3. The molecule has 0 aliphatic carbocycles. The lowest BCUT2D eigenvalue weighted by Gasteiger charge is -2.01. The topological polar surface area (TPSA) is 90.7 Å². The van der Waals surface area contributed by atoms with Crippen LogP contribution in [0.2, 0.25) is 0 Å². The van der Waals surface area contributed by atoms with Crippen molar-refractivity contribution in [3.05, 3.63) is 24.4 Å². The van der Waals surface area contributed by atoms with Crippen molar-refractivity contribution in [1.29, 1.82) is 0 Å². The SMILES string of the molecule is CC(C)SSc1ccccn1.O=P(O)(O)O. The van der Waals surface area contributed by atoms with Crippen LogP contribution < -0.4 is 0 Å². The first-order chi connectivity index (χ1) is 7.29. The van der Waals surface area contributed by atoms with Crippen LogP contribution in [0.4, 0.5) is 0 Å². The molecule has 5 nitrogen and oxygen atoms in total. The van der Waals surface area contributed by atoms with E-state index in [4.69, 9.17) is 19.2 Å². The smallest absolute Gasteiger partial charge is 0.303 e. The average Bonchev–Trinajstić information content (AvgIpc) is 2.14. The van der Waals surface area contributed by atoms with Crippen molar-refractivity contribution in [1.82, 2.24) is 4.98 Å². The van der Waals surface area contributed by atoms with Crippen LogP contribution in [0.1, 0.15) is 13.8 Å². The molecule has 0 amide bonds. The van der Waals surface area contributed by atoms with E-state index in [9.17, 15) is 0 Å². The molecule has 8 heteroatoms. The highest BCUT2D eigenvalue weighted by atomic mass is 33.1. The third-order valence-corrected chi connectivity index (χ3v) is 3.81. The second kappa shape index (κ2) is 8.11. The van der Waals surface area contributed by atoms with Crippen LogP contribution in [0, 0.1) is 0 Å². The Morgan fingerprint density at radius 3 is 2.25 bits per heavy atom. The first kappa shape index (κ1) is 16.0. The molecule has 1 heterocycles. The molecule has 0 saturated heterocycles. The van der Waals surface area contributed by atoms with Gasteiger partial charge in [0.25, 0.3) is 0 Å². The highest BCUT2D eigenvalue weighted by Crippen LogP contribution is 2.32. The van der Waals surface area contributed by atoms with Crippen LogP contribution >= 0.6 is 29.4 Å². The van der Waals surface area contributed by atoms with Crippen molar-refractivity contribution in [3.8, 4) is 0 Å².